The van der Waals surface area contributed by atoms with Gasteiger partial charge in [-0.25, -0.2) is 0 Å². The van der Waals surface area contributed by atoms with Gasteiger partial charge in [0, 0.05) is 37.0 Å². The molecule has 1 saturated carbocycles. The third-order valence-corrected chi connectivity index (χ3v) is 4.03. The molecule has 0 unspecified atom stereocenters. The predicted octanol–water partition coefficient (Wildman–Crippen LogP) is 3.40. The van der Waals surface area contributed by atoms with Gasteiger partial charge in [0.15, 0.2) is 0 Å². The zero-order valence-electron chi connectivity index (χ0n) is 12.3. The minimum absolute atomic E-state index is 0.168. The van der Waals surface area contributed by atoms with Crippen molar-refractivity contribution in [2.24, 2.45) is 0 Å². The van der Waals surface area contributed by atoms with Gasteiger partial charge in [0.2, 0.25) is 0 Å². The highest BCUT2D eigenvalue weighted by atomic mass is 16.6. The molecule has 110 valence electrons. The Labute approximate surface area is 120 Å². The smallest absolute Gasteiger partial charge is 0.269 e. The summed E-state index contributed by atoms with van der Waals surface area (Å²) < 4.78 is 0. The third-order valence-electron chi connectivity index (χ3n) is 4.03. The lowest BCUT2D eigenvalue weighted by atomic mass is 10.1. The molecule has 1 N–H and O–H groups in total. The summed E-state index contributed by atoms with van der Waals surface area (Å²) in [5, 5.41) is 14.2. The van der Waals surface area contributed by atoms with E-state index < -0.39 is 0 Å². The maximum atomic E-state index is 10.9. The zero-order chi connectivity index (χ0) is 14.5. The number of nitrogens with one attached hydrogen (secondary N) is 1. The van der Waals surface area contributed by atoms with E-state index in [0.29, 0.717) is 6.04 Å². The second-order valence-electron chi connectivity index (χ2n) is 5.48. The van der Waals surface area contributed by atoms with Crippen LogP contribution in [0.2, 0.25) is 0 Å². The van der Waals surface area contributed by atoms with Gasteiger partial charge in [0.25, 0.3) is 5.69 Å². The minimum atomic E-state index is -0.325. The maximum absolute atomic E-state index is 10.9. The molecular weight excluding hydrogens is 254 g/mol. The topological polar surface area (TPSA) is 58.4 Å². The van der Waals surface area contributed by atoms with E-state index in [1.54, 1.807) is 12.1 Å². The molecule has 1 aliphatic rings. The van der Waals surface area contributed by atoms with Crippen LogP contribution >= 0.6 is 0 Å². The van der Waals surface area contributed by atoms with Gasteiger partial charge in [0.1, 0.15) is 0 Å². The molecule has 2 rings (SSSR count). The second-order valence-corrected chi connectivity index (χ2v) is 5.48. The van der Waals surface area contributed by atoms with Crippen LogP contribution in [0.3, 0.4) is 0 Å². The highest BCUT2D eigenvalue weighted by Crippen LogP contribution is 2.27. The lowest BCUT2D eigenvalue weighted by Crippen LogP contribution is -2.28. The number of hydrogen-bond acceptors (Lipinski definition) is 4. The first-order valence-corrected chi connectivity index (χ1v) is 7.33. The molecule has 1 aromatic rings. The first-order valence-electron chi connectivity index (χ1n) is 7.33. The van der Waals surface area contributed by atoms with Crippen molar-refractivity contribution in [3.8, 4) is 0 Å². The summed E-state index contributed by atoms with van der Waals surface area (Å²) in [4.78, 5) is 12.9. The molecule has 0 radical (unpaired) electrons. The molecule has 0 spiro atoms. The Balaban J connectivity index is 2.17. The number of non-ortho nitro benzene ring substituents is 1. The van der Waals surface area contributed by atoms with E-state index in [2.05, 4.69) is 17.3 Å². The van der Waals surface area contributed by atoms with E-state index in [0.717, 1.165) is 24.3 Å². The molecule has 5 heteroatoms. The largest absolute Gasteiger partial charge is 0.385 e. The number of nitro groups is 1. The molecule has 0 amide bonds. The van der Waals surface area contributed by atoms with Crippen molar-refractivity contribution >= 4 is 11.4 Å². The Kier molecular flexibility index (Phi) is 4.95. The summed E-state index contributed by atoms with van der Waals surface area (Å²) in [5.41, 5.74) is 2.18. The van der Waals surface area contributed by atoms with Crippen LogP contribution < -0.4 is 5.32 Å². The average molecular weight is 277 g/mol. The van der Waals surface area contributed by atoms with Crippen molar-refractivity contribution < 1.29 is 4.92 Å². The molecule has 0 aliphatic heterocycles. The maximum Gasteiger partial charge on any atom is 0.269 e. The van der Waals surface area contributed by atoms with Gasteiger partial charge in [-0.2, -0.15) is 0 Å². The Morgan fingerprint density at radius 3 is 2.70 bits per heavy atom. The van der Waals surface area contributed by atoms with E-state index in [1.807, 2.05) is 13.0 Å². The number of anilines is 1. The molecule has 0 atom stereocenters. The molecule has 20 heavy (non-hydrogen) atoms. The Bertz CT molecular complexity index is 470. The summed E-state index contributed by atoms with van der Waals surface area (Å²) in [7, 11) is 2.12. The first-order chi connectivity index (χ1) is 9.61. The van der Waals surface area contributed by atoms with E-state index in [4.69, 9.17) is 0 Å². The van der Waals surface area contributed by atoms with Crippen LogP contribution in [0.15, 0.2) is 18.2 Å². The van der Waals surface area contributed by atoms with Gasteiger partial charge >= 0.3 is 0 Å². The SMILES string of the molecule is CCNc1ccc([N+](=O)[O-])cc1CN(C)C1CCCC1. The van der Waals surface area contributed by atoms with Gasteiger partial charge in [-0.1, -0.05) is 12.8 Å². The first kappa shape index (κ1) is 14.8. The molecule has 0 heterocycles. The normalized spacial score (nSPS) is 15.8. The van der Waals surface area contributed by atoms with Gasteiger partial charge in [-0.15, -0.1) is 0 Å². The molecule has 1 fully saturated rings. The van der Waals surface area contributed by atoms with Crippen LogP contribution in [-0.2, 0) is 6.54 Å². The van der Waals surface area contributed by atoms with E-state index >= 15 is 0 Å². The fourth-order valence-corrected chi connectivity index (χ4v) is 2.93. The van der Waals surface area contributed by atoms with Crippen molar-refractivity contribution in [1.82, 2.24) is 4.90 Å². The quantitative estimate of drug-likeness (QED) is 0.639. The lowest BCUT2D eigenvalue weighted by molar-refractivity contribution is -0.384. The van der Waals surface area contributed by atoms with Gasteiger partial charge in [0.05, 0.1) is 4.92 Å². The average Bonchev–Trinajstić information content (AvgIpc) is 2.94. The molecule has 0 bridgehead atoms. The number of rotatable bonds is 6. The molecule has 1 aromatic carbocycles. The highest BCUT2D eigenvalue weighted by molar-refractivity contribution is 5.56. The third kappa shape index (κ3) is 3.48. The van der Waals surface area contributed by atoms with Crippen molar-refractivity contribution in [1.29, 1.82) is 0 Å². The van der Waals surface area contributed by atoms with Crippen LogP contribution in [0, 0.1) is 10.1 Å². The highest BCUT2D eigenvalue weighted by Gasteiger charge is 2.21. The van der Waals surface area contributed by atoms with Gasteiger partial charge in [-0.3, -0.25) is 15.0 Å². The molecule has 0 aromatic heterocycles. The van der Waals surface area contributed by atoms with Gasteiger partial charge < -0.3 is 5.32 Å². The summed E-state index contributed by atoms with van der Waals surface area (Å²) in [6.45, 7) is 3.61. The molecular formula is C15H23N3O2. The van der Waals surface area contributed by atoms with Crippen molar-refractivity contribution in [3.63, 3.8) is 0 Å². The zero-order valence-corrected chi connectivity index (χ0v) is 12.3. The second kappa shape index (κ2) is 6.70. The van der Waals surface area contributed by atoms with E-state index in [9.17, 15) is 10.1 Å². The predicted molar refractivity (Wildman–Crippen MR) is 81.0 cm³/mol. The number of nitro benzene ring substituents is 1. The number of nitrogens with zero attached hydrogens (tertiary/aromatic N) is 2. The van der Waals surface area contributed by atoms with Crippen LogP contribution in [0.25, 0.3) is 0 Å². The Morgan fingerprint density at radius 2 is 2.10 bits per heavy atom. The van der Waals surface area contributed by atoms with Crippen LogP contribution in [0.1, 0.15) is 38.2 Å². The fourth-order valence-electron chi connectivity index (χ4n) is 2.93. The summed E-state index contributed by atoms with van der Waals surface area (Å²) in [6.07, 6.45) is 5.07. The number of benzene rings is 1. The van der Waals surface area contributed by atoms with Crippen LogP contribution in [0.5, 0.6) is 0 Å². The summed E-state index contributed by atoms with van der Waals surface area (Å²) >= 11 is 0. The van der Waals surface area contributed by atoms with E-state index in [1.165, 1.54) is 25.7 Å². The van der Waals surface area contributed by atoms with Crippen molar-refractivity contribution in [2.75, 3.05) is 18.9 Å². The molecule has 5 nitrogen and oxygen atoms in total. The van der Waals surface area contributed by atoms with Gasteiger partial charge in [-0.05, 0) is 38.4 Å². The van der Waals surface area contributed by atoms with Crippen molar-refractivity contribution in [3.05, 3.63) is 33.9 Å². The molecule has 0 saturated heterocycles. The Hall–Kier alpha value is -1.62. The van der Waals surface area contributed by atoms with Crippen LogP contribution in [-0.4, -0.2) is 29.5 Å². The summed E-state index contributed by atoms with van der Waals surface area (Å²) in [6, 6.07) is 5.70. The van der Waals surface area contributed by atoms with E-state index in [-0.39, 0.29) is 10.6 Å². The molecule has 1 aliphatic carbocycles. The minimum Gasteiger partial charge on any atom is -0.385 e. The Morgan fingerprint density at radius 1 is 1.40 bits per heavy atom. The summed E-state index contributed by atoms with van der Waals surface area (Å²) in [5.74, 6) is 0. The lowest BCUT2D eigenvalue weighted by Gasteiger charge is -2.25. The van der Waals surface area contributed by atoms with Crippen molar-refractivity contribution in [2.45, 2.75) is 45.2 Å². The van der Waals surface area contributed by atoms with Crippen LogP contribution in [0.4, 0.5) is 11.4 Å². The fraction of sp³-hybridized carbons (Fsp3) is 0.600. The number of hydrogen-bond donors (Lipinski definition) is 1. The standard InChI is InChI=1S/C15H23N3O2/c1-3-16-15-9-8-14(18(19)20)10-12(15)11-17(2)13-6-4-5-7-13/h8-10,13,16H,3-7,11H2,1-2H3. The monoisotopic (exact) mass is 277 g/mol.